The Labute approximate surface area is 237 Å². The lowest BCUT2D eigenvalue weighted by Crippen LogP contribution is -2.34. The predicted octanol–water partition coefficient (Wildman–Crippen LogP) is 4.45. The normalized spacial score (nSPS) is 12.8. The number of hydrogen-bond acceptors (Lipinski definition) is 7. The highest BCUT2D eigenvalue weighted by Crippen LogP contribution is 2.31. The van der Waals surface area contributed by atoms with Gasteiger partial charge in [-0.1, -0.05) is 60.7 Å². The van der Waals surface area contributed by atoms with Gasteiger partial charge in [-0.15, -0.1) is 11.3 Å². The van der Waals surface area contributed by atoms with Gasteiger partial charge in [0.15, 0.2) is 5.57 Å². The van der Waals surface area contributed by atoms with E-state index >= 15 is 0 Å². The van der Waals surface area contributed by atoms with E-state index in [0.29, 0.717) is 11.3 Å². The third-order valence-electron chi connectivity index (χ3n) is 6.30. The molecule has 1 amide bonds. The second-order valence-corrected chi connectivity index (χ2v) is 9.99. The minimum Gasteiger partial charge on any atom is -0.456 e. The van der Waals surface area contributed by atoms with Crippen LogP contribution in [0.4, 0.5) is 5.69 Å². The molecule has 0 saturated heterocycles. The SMILES string of the molecule is C[C@@H](NC(=O)/C(C#N)=c1/s/c(=C/c2ccc(-c3ccccc3[N+](=O)[O-])o2)c(=O)n1-c1ccccc1)c1ccccc1. The Bertz CT molecular complexity index is 1970. The van der Waals surface area contributed by atoms with Gasteiger partial charge in [0.25, 0.3) is 17.2 Å². The topological polar surface area (TPSA) is 131 Å². The van der Waals surface area contributed by atoms with Crippen molar-refractivity contribution in [2.45, 2.75) is 13.0 Å². The molecular weight excluding hydrogens is 540 g/mol. The number of carbonyl (C=O) groups excluding carboxylic acids is 1. The van der Waals surface area contributed by atoms with Gasteiger partial charge in [0.1, 0.15) is 22.3 Å². The molecular formula is C31H22N4O5S. The van der Waals surface area contributed by atoms with Crippen molar-refractivity contribution in [1.29, 1.82) is 5.26 Å². The van der Waals surface area contributed by atoms with E-state index in [-0.39, 0.29) is 38.0 Å². The van der Waals surface area contributed by atoms with Crippen LogP contribution in [0.2, 0.25) is 0 Å². The Kier molecular flexibility index (Phi) is 7.71. The Hall–Kier alpha value is -5.53. The zero-order valence-corrected chi connectivity index (χ0v) is 22.5. The number of rotatable bonds is 7. The lowest BCUT2D eigenvalue weighted by Gasteiger charge is -2.13. The predicted molar refractivity (Wildman–Crippen MR) is 156 cm³/mol. The molecule has 0 radical (unpaired) electrons. The van der Waals surface area contributed by atoms with E-state index < -0.39 is 16.4 Å². The fraction of sp³-hybridized carbons (Fsp3) is 0.0645. The highest BCUT2D eigenvalue weighted by atomic mass is 32.1. The summed E-state index contributed by atoms with van der Waals surface area (Å²) in [7, 11) is 0. The molecule has 0 spiro atoms. The number of hydrogen-bond donors (Lipinski definition) is 1. The molecule has 0 unspecified atom stereocenters. The molecule has 0 bridgehead atoms. The number of nitrogens with one attached hydrogen (secondary N) is 1. The molecule has 10 heteroatoms. The molecule has 2 heterocycles. The number of furan rings is 1. The monoisotopic (exact) mass is 562 g/mol. The van der Waals surface area contributed by atoms with Crippen molar-refractivity contribution >= 4 is 34.6 Å². The number of nitrogens with zero attached hydrogens (tertiary/aromatic N) is 3. The summed E-state index contributed by atoms with van der Waals surface area (Å²) < 4.78 is 7.56. The molecule has 0 fully saturated rings. The van der Waals surface area contributed by atoms with E-state index in [0.717, 1.165) is 16.9 Å². The number of amides is 1. The summed E-state index contributed by atoms with van der Waals surface area (Å²) in [4.78, 5) is 37.9. The summed E-state index contributed by atoms with van der Waals surface area (Å²) in [5.74, 6) is -0.0656. The lowest BCUT2D eigenvalue weighted by atomic mass is 10.1. The van der Waals surface area contributed by atoms with Crippen molar-refractivity contribution in [1.82, 2.24) is 9.88 Å². The highest BCUT2D eigenvalue weighted by molar-refractivity contribution is 7.07. The van der Waals surface area contributed by atoms with Crippen LogP contribution in [0.1, 0.15) is 24.3 Å². The molecule has 3 aromatic carbocycles. The summed E-state index contributed by atoms with van der Waals surface area (Å²) in [6.45, 7) is 1.81. The average Bonchev–Trinajstić information content (AvgIpc) is 3.58. The van der Waals surface area contributed by atoms with Crippen LogP contribution in [-0.4, -0.2) is 15.4 Å². The van der Waals surface area contributed by atoms with Crippen molar-refractivity contribution in [2.75, 3.05) is 0 Å². The van der Waals surface area contributed by atoms with Gasteiger partial charge in [0, 0.05) is 12.1 Å². The van der Waals surface area contributed by atoms with Crippen LogP contribution < -0.4 is 20.1 Å². The van der Waals surface area contributed by atoms with Gasteiger partial charge in [0.2, 0.25) is 0 Å². The average molecular weight is 563 g/mol. The Balaban J connectivity index is 1.63. The smallest absolute Gasteiger partial charge is 0.280 e. The van der Waals surface area contributed by atoms with E-state index in [4.69, 9.17) is 4.42 Å². The molecule has 0 aliphatic carbocycles. The maximum atomic E-state index is 13.7. The van der Waals surface area contributed by atoms with E-state index in [2.05, 4.69) is 5.32 Å². The molecule has 202 valence electrons. The second kappa shape index (κ2) is 11.7. The Morgan fingerprint density at radius 1 is 1.02 bits per heavy atom. The summed E-state index contributed by atoms with van der Waals surface area (Å²) in [5.41, 5.74) is 0.887. The Morgan fingerprint density at radius 2 is 1.68 bits per heavy atom. The maximum absolute atomic E-state index is 13.7. The zero-order chi connectivity index (χ0) is 28.9. The van der Waals surface area contributed by atoms with Crippen molar-refractivity contribution in [2.24, 2.45) is 0 Å². The number of aromatic nitrogens is 1. The number of carbonyl (C=O) groups is 1. The van der Waals surface area contributed by atoms with E-state index in [9.17, 15) is 25.0 Å². The van der Waals surface area contributed by atoms with Crippen LogP contribution >= 0.6 is 11.3 Å². The van der Waals surface area contributed by atoms with Crippen LogP contribution in [0.25, 0.3) is 28.7 Å². The first kappa shape index (κ1) is 27.1. The molecule has 9 nitrogen and oxygen atoms in total. The molecule has 5 rings (SSSR count). The molecule has 1 atom stereocenters. The number of para-hydroxylation sites is 2. The summed E-state index contributed by atoms with van der Waals surface area (Å²) in [5, 5.41) is 24.4. The van der Waals surface area contributed by atoms with Crippen LogP contribution in [0.5, 0.6) is 0 Å². The minimum atomic E-state index is -0.613. The van der Waals surface area contributed by atoms with Crippen molar-refractivity contribution in [3.63, 3.8) is 0 Å². The first-order chi connectivity index (χ1) is 19.9. The number of nitro groups is 1. The second-order valence-electron chi connectivity index (χ2n) is 8.96. The summed E-state index contributed by atoms with van der Waals surface area (Å²) in [6, 6.07) is 29.0. The zero-order valence-electron chi connectivity index (χ0n) is 21.7. The van der Waals surface area contributed by atoms with Crippen LogP contribution in [0, 0.1) is 21.4 Å². The van der Waals surface area contributed by atoms with Crippen molar-refractivity contribution in [3.8, 4) is 23.1 Å². The molecule has 0 aliphatic rings. The fourth-order valence-electron chi connectivity index (χ4n) is 4.30. The first-order valence-corrected chi connectivity index (χ1v) is 13.3. The van der Waals surface area contributed by atoms with E-state index in [1.54, 1.807) is 60.7 Å². The van der Waals surface area contributed by atoms with E-state index in [1.165, 1.54) is 16.7 Å². The molecule has 1 N–H and O–H groups in total. The molecule has 5 aromatic rings. The molecule has 0 aliphatic heterocycles. The van der Waals surface area contributed by atoms with Crippen LogP contribution in [-0.2, 0) is 4.79 Å². The lowest BCUT2D eigenvalue weighted by molar-refractivity contribution is -0.384. The van der Waals surface area contributed by atoms with Gasteiger partial charge >= 0.3 is 0 Å². The van der Waals surface area contributed by atoms with Crippen LogP contribution in [0.15, 0.2) is 106 Å². The van der Waals surface area contributed by atoms with Crippen molar-refractivity contribution < 1.29 is 14.1 Å². The van der Waals surface area contributed by atoms with Gasteiger partial charge in [-0.3, -0.25) is 24.3 Å². The van der Waals surface area contributed by atoms with Crippen LogP contribution in [0.3, 0.4) is 0 Å². The number of nitriles is 1. The summed E-state index contributed by atoms with van der Waals surface area (Å²) >= 11 is 0.979. The molecule has 41 heavy (non-hydrogen) atoms. The number of thiazole rings is 1. The van der Waals surface area contributed by atoms with Gasteiger partial charge in [0.05, 0.1) is 26.7 Å². The Morgan fingerprint density at radius 3 is 2.37 bits per heavy atom. The third kappa shape index (κ3) is 5.61. The number of benzene rings is 3. The molecule has 0 saturated carbocycles. The number of nitro benzene ring substituents is 1. The van der Waals surface area contributed by atoms with Gasteiger partial charge in [-0.2, -0.15) is 5.26 Å². The highest BCUT2D eigenvalue weighted by Gasteiger charge is 2.20. The fourth-order valence-corrected chi connectivity index (χ4v) is 5.38. The first-order valence-electron chi connectivity index (χ1n) is 12.5. The van der Waals surface area contributed by atoms with Gasteiger partial charge in [-0.25, -0.2) is 0 Å². The standard InChI is InChI=1S/C31H22N4O5S/c1-20(21-10-4-2-5-11-21)33-29(36)25(19-32)31-34(22-12-6-3-7-13-22)30(37)28(41-31)18-23-16-17-27(40-23)24-14-8-9-15-26(24)35(38)39/h2-18,20H,1H3,(H,33,36)/b28-18+,31-25+/t20-/m1/s1. The quantitative estimate of drug-likeness (QED) is 0.230. The largest absolute Gasteiger partial charge is 0.456 e. The third-order valence-corrected chi connectivity index (χ3v) is 7.40. The van der Waals surface area contributed by atoms with Crippen molar-refractivity contribution in [3.05, 3.63) is 138 Å². The van der Waals surface area contributed by atoms with Gasteiger partial charge < -0.3 is 9.73 Å². The van der Waals surface area contributed by atoms with E-state index in [1.807, 2.05) is 43.3 Å². The maximum Gasteiger partial charge on any atom is 0.280 e. The minimum absolute atomic E-state index is 0.109. The van der Waals surface area contributed by atoms with Gasteiger partial charge in [-0.05, 0) is 42.8 Å². The molecule has 2 aromatic heterocycles. The summed E-state index contributed by atoms with van der Waals surface area (Å²) in [6.07, 6.45) is 1.49.